The van der Waals surface area contributed by atoms with Gasteiger partial charge in [-0.05, 0) is 18.2 Å². The van der Waals surface area contributed by atoms with Gasteiger partial charge < -0.3 is 15.8 Å². The van der Waals surface area contributed by atoms with Gasteiger partial charge in [-0.15, -0.1) is 0 Å². The third-order valence-corrected chi connectivity index (χ3v) is 2.78. The van der Waals surface area contributed by atoms with Gasteiger partial charge in [-0.25, -0.2) is 4.90 Å². The van der Waals surface area contributed by atoms with Gasteiger partial charge in [0.15, 0.2) is 0 Å². The molecule has 7 nitrogen and oxygen atoms in total. The van der Waals surface area contributed by atoms with Crippen LogP contribution in [-0.2, 0) is 4.79 Å². The Kier molecular flexibility index (Phi) is 3.75. The fourth-order valence-electron chi connectivity index (χ4n) is 1.86. The third kappa shape index (κ3) is 2.92. The van der Waals surface area contributed by atoms with E-state index in [-0.39, 0.29) is 11.3 Å². The van der Waals surface area contributed by atoms with Gasteiger partial charge in [0.2, 0.25) is 5.91 Å². The molecule has 0 aliphatic carbocycles. The first-order valence-electron chi connectivity index (χ1n) is 6.02. The summed E-state index contributed by atoms with van der Waals surface area (Å²) < 4.78 is 0. The van der Waals surface area contributed by atoms with Crippen LogP contribution in [0.15, 0.2) is 41.3 Å². The number of aromatic amines is 1. The quantitative estimate of drug-likeness (QED) is 0.708. The van der Waals surface area contributed by atoms with E-state index in [9.17, 15) is 19.5 Å². The minimum absolute atomic E-state index is 0.188. The van der Waals surface area contributed by atoms with E-state index < -0.39 is 23.1 Å². The lowest BCUT2D eigenvalue weighted by Crippen LogP contribution is -2.35. The Balaban J connectivity index is 2.50. The van der Waals surface area contributed by atoms with Gasteiger partial charge in [0.25, 0.3) is 11.5 Å². The van der Waals surface area contributed by atoms with E-state index in [2.05, 4.69) is 4.98 Å². The summed E-state index contributed by atoms with van der Waals surface area (Å²) >= 11 is 0. The average molecular weight is 287 g/mol. The summed E-state index contributed by atoms with van der Waals surface area (Å²) in [7, 11) is 0. The van der Waals surface area contributed by atoms with Crippen LogP contribution in [0.1, 0.15) is 17.3 Å². The minimum atomic E-state index is -0.762. The summed E-state index contributed by atoms with van der Waals surface area (Å²) in [6.45, 7) is 1.21. The molecular formula is C14H13N3O4. The SMILES string of the molecule is CC(=O)N(C(=O)c1c[nH]c(=O)cc1O)c1cccc(N)c1. The number of H-pyrrole nitrogens is 1. The number of nitrogens with zero attached hydrogens (tertiary/aromatic N) is 1. The highest BCUT2D eigenvalue weighted by atomic mass is 16.3. The molecule has 1 aromatic carbocycles. The first-order chi connectivity index (χ1) is 9.90. The molecule has 1 aromatic heterocycles. The second kappa shape index (κ2) is 5.49. The van der Waals surface area contributed by atoms with Crippen molar-refractivity contribution >= 4 is 23.2 Å². The summed E-state index contributed by atoms with van der Waals surface area (Å²) in [6, 6.07) is 7.08. The summed E-state index contributed by atoms with van der Waals surface area (Å²) in [4.78, 5) is 38.4. The number of aromatic nitrogens is 1. The normalized spacial score (nSPS) is 10.1. The highest BCUT2D eigenvalue weighted by molar-refractivity contribution is 6.21. The van der Waals surface area contributed by atoms with Crippen molar-refractivity contribution in [1.29, 1.82) is 0 Å². The summed E-state index contributed by atoms with van der Waals surface area (Å²) in [5, 5.41) is 9.69. The van der Waals surface area contributed by atoms with Crippen LogP contribution in [0.5, 0.6) is 5.75 Å². The molecule has 0 bridgehead atoms. The average Bonchev–Trinajstić information content (AvgIpc) is 2.38. The van der Waals surface area contributed by atoms with Crippen LogP contribution in [-0.4, -0.2) is 21.9 Å². The molecule has 0 aliphatic rings. The molecule has 2 amide bonds. The van der Waals surface area contributed by atoms with Crippen molar-refractivity contribution in [2.45, 2.75) is 6.92 Å². The van der Waals surface area contributed by atoms with Crippen molar-refractivity contribution in [3.8, 4) is 5.75 Å². The first kappa shape index (κ1) is 14.3. The molecule has 0 unspecified atom stereocenters. The molecule has 0 aliphatic heterocycles. The number of carbonyl (C=O) groups excluding carboxylic acids is 2. The van der Waals surface area contributed by atoms with Crippen molar-refractivity contribution in [1.82, 2.24) is 4.98 Å². The topological polar surface area (TPSA) is 116 Å². The molecule has 1 heterocycles. The van der Waals surface area contributed by atoms with E-state index in [0.29, 0.717) is 5.69 Å². The van der Waals surface area contributed by atoms with Crippen LogP contribution in [0, 0.1) is 0 Å². The van der Waals surface area contributed by atoms with E-state index in [1.807, 2.05) is 0 Å². The Labute approximate surface area is 119 Å². The smallest absolute Gasteiger partial charge is 0.270 e. The number of rotatable bonds is 2. The predicted molar refractivity (Wildman–Crippen MR) is 77.1 cm³/mol. The van der Waals surface area contributed by atoms with Crippen LogP contribution in [0.4, 0.5) is 11.4 Å². The number of nitrogens with two attached hydrogens (primary N) is 1. The number of benzene rings is 1. The molecule has 0 radical (unpaired) electrons. The number of nitrogen functional groups attached to an aromatic ring is 1. The van der Waals surface area contributed by atoms with E-state index in [0.717, 1.165) is 17.2 Å². The highest BCUT2D eigenvalue weighted by Gasteiger charge is 2.24. The number of hydrogen-bond donors (Lipinski definition) is 3. The van der Waals surface area contributed by atoms with Crippen molar-refractivity contribution < 1.29 is 14.7 Å². The van der Waals surface area contributed by atoms with E-state index >= 15 is 0 Å². The molecule has 0 saturated carbocycles. The second-order valence-electron chi connectivity index (χ2n) is 4.35. The van der Waals surface area contributed by atoms with Crippen LogP contribution in [0.3, 0.4) is 0 Å². The molecule has 0 saturated heterocycles. The molecule has 108 valence electrons. The number of aromatic hydroxyl groups is 1. The maximum absolute atomic E-state index is 12.4. The minimum Gasteiger partial charge on any atom is -0.507 e. The summed E-state index contributed by atoms with van der Waals surface area (Å²) in [5.74, 6) is -1.81. The Bertz CT molecular complexity index is 767. The highest BCUT2D eigenvalue weighted by Crippen LogP contribution is 2.22. The number of nitrogens with one attached hydrogen (secondary N) is 1. The molecule has 0 atom stereocenters. The molecule has 7 heteroatoms. The standard InChI is InChI=1S/C14H13N3O4/c1-8(18)17(10-4-2-3-9(15)5-10)14(21)11-7-16-13(20)6-12(11)19/h2-7H,15H2,1H3,(H2,16,19,20). The van der Waals surface area contributed by atoms with Gasteiger partial charge in [0.05, 0.1) is 11.3 Å². The number of anilines is 2. The van der Waals surface area contributed by atoms with Gasteiger partial charge in [-0.3, -0.25) is 14.4 Å². The van der Waals surface area contributed by atoms with Crippen molar-refractivity contribution in [3.05, 3.63) is 52.4 Å². The van der Waals surface area contributed by atoms with Crippen LogP contribution in [0.2, 0.25) is 0 Å². The Morgan fingerprint density at radius 1 is 1.29 bits per heavy atom. The molecule has 0 fully saturated rings. The van der Waals surface area contributed by atoms with Gasteiger partial charge in [-0.1, -0.05) is 6.07 Å². The van der Waals surface area contributed by atoms with Crippen molar-refractivity contribution in [2.24, 2.45) is 0 Å². The van der Waals surface area contributed by atoms with Crippen LogP contribution in [0.25, 0.3) is 0 Å². The van der Waals surface area contributed by atoms with Gasteiger partial charge in [0, 0.05) is 24.9 Å². The zero-order valence-corrected chi connectivity index (χ0v) is 11.2. The second-order valence-corrected chi connectivity index (χ2v) is 4.35. The number of imide groups is 1. The lowest BCUT2D eigenvalue weighted by atomic mass is 10.2. The van der Waals surface area contributed by atoms with E-state index in [4.69, 9.17) is 5.73 Å². The molecule has 4 N–H and O–H groups in total. The van der Waals surface area contributed by atoms with Gasteiger partial charge in [0.1, 0.15) is 5.75 Å². The van der Waals surface area contributed by atoms with Crippen LogP contribution >= 0.6 is 0 Å². The molecular weight excluding hydrogens is 274 g/mol. The fraction of sp³-hybridized carbons (Fsp3) is 0.0714. The van der Waals surface area contributed by atoms with Crippen molar-refractivity contribution in [3.63, 3.8) is 0 Å². The maximum atomic E-state index is 12.4. The molecule has 21 heavy (non-hydrogen) atoms. The first-order valence-corrected chi connectivity index (χ1v) is 6.02. The summed E-state index contributed by atoms with van der Waals surface area (Å²) in [5.41, 5.74) is 5.56. The Morgan fingerprint density at radius 2 is 2.00 bits per heavy atom. The molecule has 2 aromatic rings. The summed E-state index contributed by atoms with van der Waals surface area (Å²) in [6.07, 6.45) is 1.06. The Hall–Kier alpha value is -3.09. The monoisotopic (exact) mass is 287 g/mol. The number of pyridine rings is 1. The predicted octanol–water partition coefficient (Wildman–Crippen LogP) is 0.856. The zero-order chi connectivity index (χ0) is 15.6. The molecule has 0 spiro atoms. The van der Waals surface area contributed by atoms with E-state index in [1.54, 1.807) is 18.2 Å². The zero-order valence-electron chi connectivity index (χ0n) is 11.2. The van der Waals surface area contributed by atoms with Gasteiger partial charge in [-0.2, -0.15) is 0 Å². The van der Waals surface area contributed by atoms with Crippen LogP contribution < -0.4 is 16.2 Å². The number of hydrogen-bond acceptors (Lipinski definition) is 5. The molecule has 2 rings (SSSR count). The number of carbonyl (C=O) groups is 2. The Morgan fingerprint density at radius 3 is 2.57 bits per heavy atom. The largest absolute Gasteiger partial charge is 0.507 e. The van der Waals surface area contributed by atoms with E-state index in [1.165, 1.54) is 13.0 Å². The lowest BCUT2D eigenvalue weighted by Gasteiger charge is -2.19. The van der Waals surface area contributed by atoms with Gasteiger partial charge >= 0.3 is 0 Å². The lowest BCUT2D eigenvalue weighted by molar-refractivity contribution is -0.115. The van der Waals surface area contributed by atoms with Crippen molar-refractivity contribution in [2.75, 3.05) is 10.6 Å². The fourth-order valence-corrected chi connectivity index (χ4v) is 1.86. The maximum Gasteiger partial charge on any atom is 0.270 e. The number of amides is 2. The third-order valence-electron chi connectivity index (χ3n) is 2.78.